The molecule has 3 heterocycles. The molecule has 1 saturated heterocycles. The molecular weight excluding hydrogens is 376 g/mol. The summed E-state index contributed by atoms with van der Waals surface area (Å²) in [6.07, 6.45) is 0. The van der Waals surface area contributed by atoms with Gasteiger partial charge in [0.1, 0.15) is 22.5 Å². The summed E-state index contributed by atoms with van der Waals surface area (Å²) in [7, 11) is 1.42. The van der Waals surface area contributed by atoms with E-state index in [4.69, 9.17) is 19.4 Å². The second-order valence-corrected chi connectivity index (χ2v) is 9.51. The second-order valence-electron chi connectivity index (χ2n) is 8.31. The number of hydrogen-bond acceptors (Lipinski definition) is 8. The van der Waals surface area contributed by atoms with Gasteiger partial charge in [0.15, 0.2) is 0 Å². The van der Waals surface area contributed by atoms with Gasteiger partial charge in [0.25, 0.3) is 0 Å². The Labute approximate surface area is 170 Å². The van der Waals surface area contributed by atoms with Crippen molar-refractivity contribution in [3.63, 3.8) is 0 Å². The molecule has 7 nitrogen and oxygen atoms in total. The van der Waals surface area contributed by atoms with Crippen LogP contribution in [0.3, 0.4) is 0 Å². The lowest BCUT2D eigenvalue weighted by molar-refractivity contribution is -0.143. The molecule has 1 aliphatic heterocycles. The highest BCUT2D eigenvalue weighted by Crippen LogP contribution is 2.35. The van der Waals surface area contributed by atoms with Gasteiger partial charge in [0.05, 0.1) is 32.3 Å². The van der Waals surface area contributed by atoms with Crippen molar-refractivity contribution >= 4 is 33.3 Å². The summed E-state index contributed by atoms with van der Waals surface area (Å²) in [5.74, 6) is 1.18. The monoisotopic (exact) mass is 406 g/mol. The number of fused-ring (bicyclic) bond motifs is 1. The maximum Gasteiger partial charge on any atom is 0.328 e. The minimum Gasteiger partial charge on any atom is -0.467 e. The van der Waals surface area contributed by atoms with Gasteiger partial charge in [0, 0.05) is 18.0 Å². The number of anilines is 1. The smallest absolute Gasteiger partial charge is 0.328 e. The minimum absolute atomic E-state index is 0.293. The number of methoxy groups -OCH3 is 1. The van der Waals surface area contributed by atoms with Crippen molar-refractivity contribution in [2.75, 3.05) is 38.7 Å². The molecule has 0 spiro atoms. The first-order valence-corrected chi connectivity index (χ1v) is 10.4. The summed E-state index contributed by atoms with van der Waals surface area (Å²) in [4.78, 5) is 26.5. The average Bonchev–Trinajstić information content (AvgIpc) is 2.93. The number of thiophene rings is 1. The van der Waals surface area contributed by atoms with Crippen molar-refractivity contribution in [3.05, 3.63) is 16.3 Å². The Bertz CT molecular complexity index is 853. The van der Waals surface area contributed by atoms with E-state index >= 15 is 0 Å². The Morgan fingerprint density at radius 1 is 1.29 bits per heavy atom. The largest absolute Gasteiger partial charge is 0.467 e. The Morgan fingerprint density at radius 2 is 1.96 bits per heavy atom. The number of esters is 1. The molecule has 28 heavy (non-hydrogen) atoms. The number of hydrogen-bond donors (Lipinski definition) is 1. The van der Waals surface area contributed by atoms with Crippen molar-refractivity contribution in [1.29, 1.82) is 0 Å². The first kappa shape index (κ1) is 21.0. The molecule has 0 amide bonds. The average molecular weight is 407 g/mol. The van der Waals surface area contributed by atoms with Crippen LogP contribution in [0.25, 0.3) is 10.2 Å². The van der Waals surface area contributed by atoms with Crippen LogP contribution in [0.4, 0.5) is 5.82 Å². The lowest BCUT2D eigenvalue weighted by Gasteiger charge is -2.30. The fourth-order valence-corrected chi connectivity index (χ4v) is 4.36. The van der Waals surface area contributed by atoms with Gasteiger partial charge >= 0.3 is 5.97 Å². The van der Waals surface area contributed by atoms with Crippen LogP contribution in [-0.4, -0.2) is 60.3 Å². The number of nitrogens with zero attached hydrogens (tertiary/aromatic N) is 3. The molecule has 2 aromatic heterocycles. The van der Waals surface area contributed by atoms with Gasteiger partial charge in [-0.05, 0) is 24.8 Å². The molecule has 0 aliphatic carbocycles. The van der Waals surface area contributed by atoms with Gasteiger partial charge in [-0.15, -0.1) is 11.3 Å². The Morgan fingerprint density at radius 3 is 2.57 bits per heavy atom. The molecule has 1 N–H and O–H groups in total. The van der Waals surface area contributed by atoms with Gasteiger partial charge in [-0.2, -0.15) is 0 Å². The van der Waals surface area contributed by atoms with Crippen LogP contribution in [-0.2, 0) is 20.8 Å². The number of aryl methyl sites for hydroxylation is 2. The van der Waals surface area contributed by atoms with Crippen molar-refractivity contribution in [1.82, 2.24) is 14.9 Å². The summed E-state index contributed by atoms with van der Waals surface area (Å²) in [5.41, 5.74) is 0.825. The molecule has 1 unspecified atom stereocenters. The first-order chi connectivity index (χ1) is 13.2. The van der Waals surface area contributed by atoms with Crippen LogP contribution >= 0.6 is 11.3 Å². The fourth-order valence-electron chi connectivity index (χ4n) is 3.31. The molecule has 1 fully saturated rings. The molecule has 0 radical (unpaired) electrons. The van der Waals surface area contributed by atoms with Crippen LogP contribution in [0.15, 0.2) is 0 Å². The van der Waals surface area contributed by atoms with E-state index in [1.807, 2.05) is 20.8 Å². The number of ether oxygens (including phenoxy) is 2. The minimum atomic E-state index is -0.508. The number of morpholine rings is 1. The van der Waals surface area contributed by atoms with Gasteiger partial charge in [-0.3, -0.25) is 4.90 Å². The molecule has 0 bridgehead atoms. The Kier molecular flexibility index (Phi) is 6.21. The van der Waals surface area contributed by atoms with Crippen LogP contribution < -0.4 is 5.32 Å². The van der Waals surface area contributed by atoms with E-state index in [-0.39, 0.29) is 11.4 Å². The maximum absolute atomic E-state index is 12.4. The highest BCUT2D eigenvalue weighted by molar-refractivity contribution is 7.18. The predicted molar refractivity (Wildman–Crippen MR) is 112 cm³/mol. The van der Waals surface area contributed by atoms with Gasteiger partial charge < -0.3 is 14.8 Å². The number of nitrogens with one attached hydrogen (secondary N) is 1. The van der Waals surface area contributed by atoms with E-state index in [0.29, 0.717) is 12.4 Å². The van der Waals surface area contributed by atoms with Gasteiger partial charge in [0.2, 0.25) is 0 Å². The molecule has 8 heteroatoms. The van der Waals surface area contributed by atoms with E-state index in [1.165, 1.54) is 12.0 Å². The topological polar surface area (TPSA) is 76.6 Å². The molecule has 1 aliphatic rings. The van der Waals surface area contributed by atoms with Crippen molar-refractivity contribution < 1.29 is 14.3 Å². The Balaban J connectivity index is 2.01. The van der Waals surface area contributed by atoms with E-state index < -0.39 is 6.04 Å². The molecule has 0 saturated carbocycles. The summed E-state index contributed by atoms with van der Waals surface area (Å²) in [6, 6.07) is -0.508. The van der Waals surface area contributed by atoms with Gasteiger partial charge in [-0.25, -0.2) is 14.8 Å². The van der Waals surface area contributed by atoms with E-state index in [2.05, 4.69) is 24.1 Å². The second kappa shape index (κ2) is 8.31. The number of aromatic nitrogens is 2. The number of rotatable bonds is 5. The lowest BCUT2D eigenvalue weighted by atomic mass is 9.86. The zero-order valence-corrected chi connectivity index (χ0v) is 18.4. The number of carbonyl (C=O) groups is 1. The van der Waals surface area contributed by atoms with Crippen molar-refractivity contribution in [2.45, 2.75) is 47.2 Å². The molecule has 3 rings (SSSR count). The fraction of sp³-hybridized carbons (Fsp3) is 0.650. The van der Waals surface area contributed by atoms with Crippen LogP contribution in [0.2, 0.25) is 0 Å². The number of carbonyl (C=O) groups excluding carboxylic acids is 1. The quantitative estimate of drug-likeness (QED) is 0.765. The molecular formula is C20H30N4O3S. The van der Waals surface area contributed by atoms with Crippen LogP contribution in [0.5, 0.6) is 0 Å². The standard InChI is InChI=1S/C20H30N4O3S/c1-12-13(2)28-18-15(12)17(23-16(19(25)26-6)20(3,4)5)21-14(22-18)11-24-7-9-27-10-8-24/h16H,7-11H2,1-6H3,(H,21,22,23). The third kappa shape index (κ3) is 4.45. The summed E-state index contributed by atoms with van der Waals surface area (Å²) in [5, 5.41) is 4.37. The summed E-state index contributed by atoms with van der Waals surface area (Å²) < 4.78 is 10.5. The zero-order valence-electron chi connectivity index (χ0n) is 17.6. The lowest BCUT2D eigenvalue weighted by Crippen LogP contribution is -2.42. The summed E-state index contributed by atoms with van der Waals surface area (Å²) in [6.45, 7) is 14.1. The van der Waals surface area contributed by atoms with E-state index in [1.54, 1.807) is 11.3 Å². The Hall–Kier alpha value is -1.77. The maximum atomic E-state index is 12.4. The normalized spacial score (nSPS) is 16.9. The summed E-state index contributed by atoms with van der Waals surface area (Å²) >= 11 is 1.67. The highest BCUT2D eigenvalue weighted by atomic mass is 32.1. The molecule has 0 aromatic carbocycles. The van der Waals surface area contributed by atoms with Crippen molar-refractivity contribution in [2.24, 2.45) is 5.41 Å². The van der Waals surface area contributed by atoms with Gasteiger partial charge in [-0.1, -0.05) is 20.8 Å². The SMILES string of the molecule is COC(=O)C(Nc1nc(CN2CCOCC2)nc2sc(C)c(C)c12)C(C)(C)C. The van der Waals surface area contributed by atoms with Crippen LogP contribution in [0.1, 0.15) is 37.0 Å². The third-order valence-corrected chi connectivity index (χ3v) is 6.23. The van der Waals surface area contributed by atoms with E-state index in [9.17, 15) is 4.79 Å². The van der Waals surface area contributed by atoms with E-state index in [0.717, 1.165) is 47.9 Å². The zero-order chi connectivity index (χ0) is 20.5. The van der Waals surface area contributed by atoms with Crippen LogP contribution in [0, 0.1) is 19.3 Å². The highest BCUT2D eigenvalue weighted by Gasteiger charge is 2.33. The molecule has 1 atom stereocenters. The van der Waals surface area contributed by atoms with Crippen molar-refractivity contribution in [3.8, 4) is 0 Å². The predicted octanol–water partition coefficient (Wildman–Crippen LogP) is 3.14. The molecule has 154 valence electrons. The molecule has 2 aromatic rings. The third-order valence-electron chi connectivity index (χ3n) is 5.13. The first-order valence-electron chi connectivity index (χ1n) is 9.61.